The lowest BCUT2D eigenvalue weighted by Gasteiger charge is -2.33. The molecule has 0 unspecified atom stereocenters. The van der Waals surface area contributed by atoms with Crippen molar-refractivity contribution < 1.29 is 40.6 Å². The van der Waals surface area contributed by atoms with Crippen LogP contribution in [0.1, 0.15) is 90.1 Å². The van der Waals surface area contributed by atoms with E-state index in [-0.39, 0.29) is 61.8 Å². The predicted octanol–water partition coefficient (Wildman–Crippen LogP) is 4.50. The number of amides is 2. The fourth-order valence-corrected chi connectivity index (χ4v) is 6.66. The molecule has 0 bridgehead atoms. The van der Waals surface area contributed by atoms with E-state index in [0.29, 0.717) is 22.6 Å². The molecule has 46 heavy (non-hydrogen) atoms. The van der Waals surface area contributed by atoms with Gasteiger partial charge < -0.3 is 15.1 Å². The summed E-state index contributed by atoms with van der Waals surface area (Å²) in [5.74, 6) is -4.15. The van der Waals surface area contributed by atoms with E-state index in [9.17, 15) is 31.5 Å². The van der Waals surface area contributed by atoms with Gasteiger partial charge >= 0.3 is 6.18 Å². The summed E-state index contributed by atoms with van der Waals surface area (Å²) in [6, 6.07) is -1.19. The molecule has 0 spiro atoms. The average Bonchev–Trinajstić information content (AvgIpc) is 3.37. The number of fused-ring (bicyclic) bond motifs is 1. The highest BCUT2D eigenvalue weighted by Gasteiger charge is 2.55. The number of hydrogen-bond donors (Lipinski definition) is 2. The summed E-state index contributed by atoms with van der Waals surface area (Å²) in [7, 11) is 0. The maximum atomic E-state index is 14.1. The zero-order valence-electron chi connectivity index (χ0n) is 24.3. The third kappa shape index (κ3) is 5.93. The predicted molar refractivity (Wildman–Crippen MR) is 145 cm³/mol. The van der Waals surface area contributed by atoms with Crippen molar-refractivity contribution in [3.8, 4) is 0 Å². The zero-order chi connectivity index (χ0) is 32.3. The summed E-state index contributed by atoms with van der Waals surface area (Å²) < 4.78 is 80.7. The first-order valence-corrected chi connectivity index (χ1v) is 15.0. The van der Waals surface area contributed by atoms with Gasteiger partial charge in [0, 0.05) is 25.2 Å². The number of imidazole rings is 1. The molecule has 0 aromatic carbocycles. The summed E-state index contributed by atoms with van der Waals surface area (Å²) in [5.41, 5.74) is 0.115. The number of hydrogen-bond acceptors (Lipinski definition) is 9. The lowest BCUT2D eigenvalue weighted by molar-refractivity contribution is -0.155. The Morgan fingerprint density at radius 3 is 2.59 bits per heavy atom. The second-order valence-corrected chi connectivity index (χ2v) is 12.6. The molecular formula is C29H29F5N8O4. The molecule has 3 fully saturated rings. The highest BCUT2D eigenvalue weighted by atomic mass is 19.4. The van der Waals surface area contributed by atoms with Crippen molar-refractivity contribution in [3.05, 3.63) is 59.5 Å². The van der Waals surface area contributed by atoms with E-state index in [1.807, 2.05) is 0 Å². The SMILES string of the molecule is O=C(N[C@H](c1cn2ncc(C[C@@]3(Cc4cnco4)C[C@@H](C(F)(F)F)NC3=O)cc2n1)C1CCC(F)(F)CC1)c1nonc1C1CC1. The Hall–Kier alpha value is -4.44. The minimum atomic E-state index is -4.64. The van der Waals surface area contributed by atoms with Crippen molar-refractivity contribution in [2.45, 2.75) is 87.9 Å². The van der Waals surface area contributed by atoms with Crippen molar-refractivity contribution in [1.82, 2.24) is 40.5 Å². The molecule has 17 heteroatoms. The summed E-state index contributed by atoms with van der Waals surface area (Å²) in [4.78, 5) is 35.0. The molecule has 1 saturated heterocycles. The number of halogens is 5. The standard InChI is InChI=1S/C29H29F5N8O4/c30-28(31)5-3-17(4-6-28)22(39-25(43)24-23(16-1-2-16)40-46-41-24)19-13-42-21(37-19)7-15(11-36-42)8-27(9-18-12-35-14-45-18)10-20(29(32,33)34)38-26(27)44/h7,11-14,16-17,20,22H,1-6,8-10H2,(H,38,44)(H,39,43)/t20-,22-,27+/m0/s1. The Kier molecular flexibility index (Phi) is 7.31. The van der Waals surface area contributed by atoms with Crippen molar-refractivity contribution in [2.24, 2.45) is 11.3 Å². The Bertz CT molecular complexity index is 1740. The van der Waals surface area contributed by atoms with Gasteiger partial charge in [0.25, 0.3) is 5.91 Å². The molecule has 3 aliphatic rings. The van der Waals surface area contributed by atoms with Crippen LogP contribution < -0.4 is 10.6 Å². The van der Waals surface area contributed by atoms with Crippen LogP contribution in [0.5, 0.6) is 0 Å². The van der Waals surface area contributed by atoms with Crippen molar-refractivity contribution >= 4 is 17.5 Å². The maximum absolute atomic E-state index is 14.1. The molecule has 7 rings (SSSR count). The van der Waals surface area contributed by atoms with Crippen LogP contribution in [0.15, 0.2) is 40.1 Å². The van der Waals surface area contributed by atoms with E-state index >= 15 is 0 Å². The van der Waals surface area contributed by atoms with E-state index in [0.717, 1.165) is 19.2 Å². The van der Waals surface area contributed by atoms with Crippen LogP contribution >= 0.6 is 0 Å². The molecule has 2 N–H and O–H groups in total. The van der Waals surface area contributed by atoms with Gasteiger partial charge in [0.15, 0.2) is 17.7 Å². The second-order valence-electron chi connectivity index (χ2n) is 12.6. The minimum Gasteiger partial charge on any atom is -0.448 e. The number of nitrogens with zero attached hydrogens (tertiary/aromatic N) is 6. The first-order valence-electron chi connectivity index (χ1n) is 15.0. The lowest BCUT2D eigenvalue weighted by Crippen LogP contribution is -2.39. The van der Waals surface area contributed by atoms with Crippen molar-refractivity contribution in [1.29, 1.82) is 0 Å². The molecular weight excluding hydrogens is 619 g/mol. The lowest BCUT2D eigenvalue weighted by atomic mass is 9.76. The normalized spacial score (nSPS) is 24.3. The molecule has 244 valence electrons. The Balaban J connectivity index is 1.18. The summed E-state index contributed by atoms with van der Waals surface area (Å²) >= 11 is 0. The molecule has 1 aliphatic heterocycles. The molecule has 2 amide bonds. The smallest absolute Gasteiger partial charge is 0.408 e. The number of aromatic nitrogens is 6. The average molecular weight is 649 g/mol. The molecule has 2 aliphatic carbocycles. The number of carbonyl (C=O) groups excluding carboxylic acids is 2. The molecule has 5 heterocycles. The first-order chi connectivity index (χ1) is 21.9. The van der Waals surface area contributed by atoms with Gasteiger partial charge in [0.1, 0.15) is 17.5 Å². The largest absolute Gasteiger partial charge is 0.448 e. The summed E-state index contributed by atoms with van der Waals surface area (Å²) in [5, 5.41) is 17.0. The van der Waals surface area contributed by atoms with Gasteiger partial charge in [0.2, 0.25) is 11.8 Å². The topological polar surface area (TPSA) is 153 Å². The number of rotatable bonds is 9. The quantitative estimate of drug-likeness (QED) is 0.250. The van der Waals surface area contributed by atoms with Gasteiger partial charge in [-0.1, -0.05) is 5.16 Å². The van der Waals surface area contributed by atoms with Crippen LogP contribution in [-0.2, 0) is 17.6 Å². The fraction of sp³-hybridized carbons (Fsp3) is 0.552. The Morgan fingerprint density at radius 2 is 1.91 bits per heavy atom. The molecule has 2 saturated carbocycles. The van der Waals surface area contributed by atoms with Gasteiger partial charge in [-0.3, -0.25) is 9.59 Å². The third-order valence-corrected chi connectivity index (χ3v) is 9.24. The monoisotopic (exact) mass is 648 g/mol. The van der Waals surface area contributed by atoms with Gasteiger partial charge in [-0.2, -0.15) is 18.3 Å². The number of nitrogens with one attached hydrogen (secondary N) is 2. The van der Waals surface area contributed by atoms with E-state index in [2.05, 4.69) is 36.0 Å². The van der Waals surface area contributed by atoms with Crippen molar-refractivity contribution in [3.63, 3.8) is 0 Å². The van der Waals surface area contributed by atoms with Crippen molar-refractivity contribution in [2.75, 3.05) is 0 Å². The van der Waals surface area contributed by atoms with Crippen LogP contribution in [-0.4, -0.2) is 59.9 Å². The number of alkyl halides is 5. The molecule has 3 atom stereocenters. The van der Waals surface area contributed by atoms with Gasteiger partial charge in [-0.05, 0) is 61.2 Å². The summed E-state index contributed by atoms with van der Waals surface area (Å²) in [6.45, 7) is 0. The molecule has 0 radical (unpaired) electrons. The van der Waals surface area contributed by atoms with Crippen LogP contribution in [0.4, 0.5) is 22.0 Å². The van der Waals surface area contributed by atoms with Crippen LogP contribution in [0.2, 0.25) is 0 Å². The van der Waals surface area contributed by atoms with E-state index in [4.69, 9.17) is 9.05 Å². The van der Waals surface area contributed by atoms with Gasteiger partial charge in [0.05, 0.1) is 35.7 Å². The van der Waals surface area contributed by atoms with E-state index < -0.39 is 47.8 Å². The summed E-state index contributed by atoms with van der Waals surface area (Å²) in [6.07, 6.45) is 1.45. The van der Waals surface area contributed by atoms with Crippen LogP contribution in [0, 0.1) is 11.3 Å². The Morgan fingerprint density at radius 1 is 1.13 bits per heavy atom. The second kappa shape index (κ2) is 11.1. The van der Waals surface area contributed by atoms with Gasteiger partial charge in [-0.15, -0.1) is 0 Å². The Labute approximate surface area is 257 Å². The van der Waals surface area contributed by atoms with Crippen LogP contribution in [0.3, 0.4) is 0 Å². The molecule has 12 nitrogen and oxygen atoms in total. The highest BCUT2D eigenvalue weighted by Crippen LogP contribution is 2.44. The maximum Gasteiger partial charge on any atom is 0.408 e. The molecule has 4 aromatic heterocycles. The third-order valence-electron chi connectivity index (χ3n) is 9.24. The number of oxazole rings is 1. The van der Waals surface area contributed by atoms with E-state index in [1.54, 1.807) is 12.3 Å². The molecule has 4 aromatic rings. The number of carbonyl (C=O) groups is 2. The zero-order valence-corrected chi connectivity index (χ0v) is 24.3. The van der Waals surface area contributed by atoms with E-state index in [1.165, 1.54) is 16.9 Å². The van der Waals surface area contributed by atoms with Gasteiger partial charge in [-0.25, -0.2) is 27.9 Å². The van der Waals surface area contributed by atoms with Crippen LogP contribution in [0.25, 0.3) is 5.65 Å². The first kappa shape index (κ1) is 30.2. The highest BCUT2D eigenvalue weighted by molar-refractivity contribution is 5.93. The minimum absolute atomic E-state index is 0.0434. The fourth-order valence-electron chi connectivity index (χ4n) is 6.66.